The van der Waals surface area contributed by atoms with Gasteiger partial charge in [0, 0.05) is 59.5 Å². The Labute approximate surface area is 250 Å². The number of rotatable bonds is 30. The molecule has 0 aliphatic rings. The first-order valence-corrected chi connectivity index (χ1v) is 21.0. The van der Waals surface area contributed by atoms with Gasteiger partial charge in [-0.2, -0.15) is 3.90 Å². The monoisotopic (exact) mass is 629 g/mol. The number of nitrogens with zero attached hydrogens (tertiary/aromatic N) is 1. The van der Waals surface area contributed by atoms with Crippen LogP contribution in [0.25, 0.3) is 0 Å². The third kappa shape index (κ3) is 13.3. The summed E-state index contributed by atoms with van der Waals surface area (Å²) in [4.78, 5) is 0. The lowest BCUT2D eigenvalue weighted by Crippen LogP contribution is -2.85. The lowest BCUT2D eigenvalue weighted by atomic mass is 10.5. The van der Waals surface area contributed by atoms with E-state index in [0.29, 0.717) is 59.5 Å². The van der Waals surface area contributed by atoms with Gasteiger partial charge in [0.2, 0.25) is 0 Å². The van der Waals surface area contributed by atoms with Crippen molar-refractivity contribution in [2.24, 2.45) is 0 Å². The Bertz CT molecular complexity index is 440. The summed E-state index contributed by atoms with van der Waals surface area (Å²) in [5, 5.41) is 0. The zero-order valence-corrected chi connectivity index (χ0v) is 30.3. The third-order valence-corrected chi connectivity index (χ3v) is 16.9. The Morgan fingerprint density at radius 3 is 0.500 bits per heavy atom. The van der Waals surface area contributed by atoms with Crippen LogP contribution in [0.5, 0.6) is 0 Å². The Morgan fingerprint density at radius 1 is 0.275 bits per heavy atom. The van der Waals surface area contributed by atoms with Crippen molar-refractivity contribution < 1.29 is 39.8 Å². The van der Waals surface area contributed by atoms with E-state index in [1.165, 1.54) is 0 Å². The molecule has 0 bridgehead atoms. The molecule has 0 rings (SSSR count). The SMILES string of the molecule is CCCO[Si](OCCC)(OCCC)N([Si](OCCC)(OCCC)OCCC)[Si](OCCC)(OCCC)OCCC. The number of hydrogen-bond donors (Lipinski definition) is 0. The fourth-order valence-corrected chi connectivity index (χ4v) is 17.1. The molecule has 0 radical (unpaired) electrons. The van der Waals surface area contributed by atoms with Crippen molar-refractivity contribution >= 4 is 26.9 Å². The van der Waals surface area contributed by atoms with Gasteiger partial charge in [0.1, 0.15) is 0 Å². The van der Waals surface area contributed by atoms with Gasteiger partial charge in [0.05, 0.1) is 0 Å². The molecule has 0 amide bonds. The lowest BCUT2D eigenvalue weighted by molar-refractivity contribution is -0.0496. The second-order valence-electron chi connectivity index (χ2n) is 9.54. The van der Waals surface area contributed by atoms with Crippen molar-refractivity contribution in [1.29, 1.82) is 0 Å². The van der Waals surface area contributed by atoms with E-state index in [9.17, 15) is 0 Å². The standard InChI is InChI=1S/C27H63NO9Si3/c1-10-19-29-38(30-20-11-2,31-21-12-3)28(39(32-22-13-4,33-23-14-5)34-24-15-6)40(35-25-16-7,36-26-17-8)37-27-18-9/h10-27H2,1-9H3. The van der Waals surface area contributed by atoms with E-state index in [-0.39, 0.29) is 0 Å². The highest BCUT2D eigenvalue weighted by Crippen LogP contribution is 2.35. The van der Waals surface area contributed by atoms with E-state index in [0.717, 1.165) is 57.8 Å². The Morgan fingerprint density at radius 2 is 0.400 bits per heavy atom. The van der Waals surface area contributed by atoms with Gasteiger partial charge in [0.25, 0.3) is 0 Å². The van der Waals surface area contributed by atoms with Crippen LogP contribution in [0.15, 0.2) is 0 Å². The normalized spacial score (nSPS) is 13.1. The van der Waals surface area contributed by atoms with Crippen LogP contribution in [0.1, 0.15) is 120 Å². The molecular weight excluding hydrogens is 567 g/mol. The minimum atomic E-state index is -3.85. The molecule has 0 aliphatic carbocycles. The minimum absolute atomic E-state index is 0.426. The zero-order chi connectivity index (χ0) is 30.2. The van der Waals surface area contributed by atoms with Crippen molar-refractivity contribution in [1.82, 2.24) is 3.90 Å². The van der Waals surface area contributed by atoms with E-state index >= 15 is 0 Å². The molecule has 0 unspecified atom stereocenters. The van der Waals surface area contributed by atoms with Gasteiger partial charge in [0.15, 0.2) is 0 Å². The highest BCUT2D eigenvalue weighted by Gasteiger charge is 2.76. The average molecular weight is 630 g/mol. The Kier molecular flexibility index (Phi) is 24.8. The van der Waals surface area contributed by atoms with E-state index < -0.39 is 26.9 Å². The lowest BCUT2D eigenvalue weighted by Gasteiger charge is -2.50. The van der Waals surface area contributed by atoms with Crippen LogP contribution in [-0.4, -0.2) is 90.3 Å². The second kappa shape index (κ2) is 24.7. The predicted molar refractivity (Wildman–Crippen MR) is 165 cm³/mol. The quantitative estimate of drug-likeness (QED) is 0.0828. The molecule has 10 nitrogen and oxygen atoms in total. The van der Waals surface area contributed by atoms with Gasteiger partial charge in [-0.3, -0.25) is 0 Å². The van der Waals surface area contributed by atoms with Crippen LogP contribution in [0, 0.1) is 0 Å². The third-order valence-electron chi connectivity index (χ3n) is 5.22. The van der Waals surface area contributed by atoms with Crippen molar-refractivity contribution in [3.05, 3.63) is 0 Å². The molecule has 40 heavy (non-hydrogen) atoms. The fourth-order valence-electron chi connectivity index (χ4n) is 3.54. The van der Waals surface area contributed by atoms with Gasteiger partial charge in [-0.15, -0.1) is 0 Å². The summed E-state index contributed by atoms with van der Waals surface area (Å²) in [6, 6.07) is 0. The Balaban J connectivity index is 7.80. The summed E-state index contributed by atoms with van der Waals surface area (Å²) >= 11 is 0. The van der Waals surface area contributed by atoms with E-state index in [1.54, 1.807) is 0 Å². The van der Waals surface area contributed by atoms with Crippen molar-refractivity contribution in [2.45, 2.75) is 120 Å². The van der Waals surface area contributed by atoms with Crippen molar-refractivity contribution in [3.63, 3.8) is 0 Å². The first-order chi connectivity index (χ1) is 19.4. The van der Waals surface area contributed by atoms with Crippen molar-refractivity contribution in [3.8, 4) is 0 Å². The van der Waals surface area contributed by atoms with Gasteiger partial charge in [-0.25, -0.2) is 0 Å². The average Bonchev–Trinajstić information content (AvgIpc) is 2.98. The predicted octanol–water partition coefficient (Wildman–Crippen LogP) is 6.43. The zero-order valence-electron chi connectivity index (χ0n) is 27.3. The van der Waals surface area contributed by atoms with Crippen LogP contribution in [0.4, 0.5) is 0 Å². The highest BCUT2D eigenvalue weighted by atomic mass is 28.5. The minimum Gasteiger partial charge on any atom is -0.361 e. The Hall–Kier alpha value is 0.251. The molecular formula is C27H63NO9Si3. The molecule has 0 saturated carbocycles. The fraction of sp³-hybridized carbons (Fsp3) is 1.00. The van der Waals surface area contributed by atoms with Crippen LogP contribution in [0.3, 0.4) is 0 Å². The molecule has 0 aromatic rings. The summed E-state index contributed by atoms with van der Waals surface area (Å²) in [5.74, 6) is 0. The first kappa shape index (κ1) is 40.3. The van der Waals surface area contributed by atoms with Gasteiger partial charge in [-0.05, 0) is 57.8 Å². The van der Waals surface area contributed by atoms with Crippen LogP contribution < -0.4 is 0 Å². The topological polar surface area (TPSA) is 86.3 Å². The first-order valence-electron chi connectivity index (χ1n) is 16.0. The second-order valence-corrected chi connectivity index (χ2v) is 18.0. The molecule has 0 fully saturated rings. The summed E-state index contributed by atoms with van der Waals surface area (Å²) in [6.07, 6.45) is 7.00. The van der Waals surface area contributed by atoms with Crippen LogP contribution in [0.2, 0.25) is 0 Å². The highest BCUT2D eigenvalue weighted by molar-refractivity contribution is 6.90. The molecule has 13 heteroatoms. The molecule has 0 saturated heterocycles. The van der Waals surface area contributed by atoms with E-state index in [4.69, 9.17) is 39.8 Å². The molecule has 0 atom stereocenters. The molecule has 0 N–H and O–H groups in total. The maximum absolute atomic E-state index is 6.75. The van der Waals surface area contributed by atoms with E-state index in [1.807, 2.05) is 3.90 Å². The molecule has 0 heterocycles. The van der Waals surface area contributed by atoms with Gasteiger partial charge < -0.3 is 39.8 Å². The molecule has 242 valence electrons. The summed E-state index contributed by atoms with van der Waals surface area (Å²) in [6.45, 7) is 22.5. The molecule has 0 aromatic heterocycles. The maximum Gasteiger partial charge on any atom is 0.597 e. The number of hydrogen-bond acceptors (Lipinski definition) is 10. The largest absolute Gasteiger partial charge is 0.597 e. The maximum atomic E-state index is 6.75. The van der Waals surface area contributed by atoms with Gasteiger partial charge in [-0.1, -0.05) is 62.3 Å². The summed E-state index contributed by atoms with van der Waals surface area (Å²) < 4.78 is 62.7. The summed E-state index contributed by atoms with van der Waals surface area (Å²) in [5.41, 5.74) is 0. The van der Waals surface area contributed by atoms with Gasteiger partial charge >= 0.3 is 26.9 Å². The van der Waals surface area contributed by atoms with Crippen molar-refractivity contribution in [2.75, 3.05) is 59.5 Å². The van der Waals surface area contributed by atoms with Crippen LogP contribution >= 0.6 is 0 Å². The summed E-state index contributed by atoms with van der Waals surface area (Å²) in [7, 11) is -11.6. The smallest absolute Gasteiger partial charge is 0.361 e. The molecule has 0 aromatic carbocycles. The van der Waals surface area contributed by atoms with E-state index in [2.05, 4.69) is 62.3 Å². The molecule has 0 spiro atoms. The molecule has 0 aliphatic heterocycles. The van der Waals surface area contributed by atoms with Crippen LogP contribution in [-0.2, 0) is 39.8 Å².